The molecule has 1 unspecified atom stereocenters. The van der Waals surface area contributed by atoms with Crippen molar-refractivity contribution in [3.05, 3.63) is 84.7 Å². The van der Waals surface area contributed by atoms with Gasteiger partial charge in [-0.05, 0) is 74.2 Å². The molecule has 1 aliphatic carbocycles. The lowest BCUT2D eigenvalue weighted by Crippen LogP contribution is -2.60. The lowest BCUT2D eigenvalue weighted by molar-refractivity contribution is -0.132. The van der Waals surface area contributed by atoms with E-state index in [9.17, 15) is 27.2 Å². The lowest BCUT2D eigenvalue weighted by Gasteiger charge is -2.38. The molecule has 0 spiro atoms. The van der Waals surface area contributed by atoms with E-state index in [1.807, 2.05) is 4.90 Å². The van der Waals surface area contributed by atoms with Gasteiger partial charge in [0.2, 0.25) is 17.8 Å². The molecule has 4 amide bonds. The van der Waals surface area contributed by atoms with Gasteiger partial charge in [-0.25, -0.2) is 36.9 Å². The monoisotopic (exact) mass is 732 g/mol. The van der Waals surface area contributed by atoms with Crippen LogP contribution in [0.4, 0.5) is 42.5 Å². The number of benzene rings is 2. The molecule has 52 heavy (non-hydrogen) atoms. The first-order valence-corrected chi connectivity index (χ1v) is 18.6. The van der Waals surface area contributed by atoms with Crippen LogP contribution in [0, 0.1) is 17.6 Å². The summed E-state index contributed by atoms with van der Waals surface area (Å²) in [5.74, 6) is -2.73. The average molecular weight is 733 g/mol. The lowest BCUT2D eigenvalue weighted by atomic mass is 10.0. The molecule has 4 heterocycles. The van der Waals surface area contributed by atoms with Gasteiger partial charge in [0.1, 0.15) is 39.0 Å². The number of hydrogen-bond acceptors (Lipinski definition) is 11. The summed E-state index contributed by atoms with van der Waals surface area (Å²) in [4.78, 5) is 57.4. The molecule has 17 heteroatoms. The van der Waals surface area contributed by atoms with Crippen LogP contribution >= 0.6 is 0 Å². The zero-order chi connectivity index (χ0) is 36.6. The Kier molecular flexibility index (Phi) is 9.44. The van der Waals surface area contributed by atoms with Crippen LogP contribution in [0.5, 0.6) is 11.5 Å². The largest absolute Gasteiger partial charge is 0.454 e. The van der Waals surface area contributed by atoms with E-state index in [-0.39, 0.29) is 40.7 Å². The number of halogens is 2. The molecule has 2 N–H and O–H groups in total. The molecule has 270 valence electrons. The number of amides is 4. The SMILES string of the molecule is CS(=O)(=O)C1CCN(c2nccc(Nc3cc(Oc4ccc(NC(=O)C5CN(C6CC6)C(=O)N(c6ccc(F)cc6)C5=O)cc4F)ccn3)n2)CC1. The number of imide groups is 1. The second-order valence-corrected chi connectivity index (χ2v) is 15.2. The summed E-state index contributed by atoms with van der Waals surface area (Å²) in [7, 11) is -3.11. The van der Waals surface area contributed by atoms with Crippen LogP contribution in [0.3, 0.4) is 0 Å². The Balaban J connectivity index is 0.995. The van der Waals surface area contributed by atoms with Gasteiger partial charge in [-0.1, -0.05) is 0 Å². The van der Waals surface area contributed by atoms with E-state index < -0.39 is 45.2 Å². The number of rotatable bonds is 10. The number of nitrogens with one attached hydrogen (secondary N) is 2. The molecule has 4 aromatic rings. The van der Waals surface area contributed by atoms with E-state index in [2.05, 4.69) is 25.6 Å². The fraction of sp³-hybridized carbons (Fsp3) is 0.314. The zero-order valence-corrected chi connectivity index (χ0v) is 28.7. The molecule has 2 saturated heterocycles. The minimum atomic E-state index is -3.11. The summed E-state index contributed by atoms with van der Waals surface area (Å²) in [6.45, 7) is 0.881. The number of anilines is 5. The van der Waals surface area contributed by atoms with Crippen molar-refractivity contribution >= 4 is 56.6 Å². The third-order valence-corrected chi connectivity index (χ3v) is 10.8. The van der Waals surface area contributed by atoms with Crippen molar-refractivity contribution < 1.29 is 36.3 Å². The highest BCUT2D eigenvalue weighted by molar-refractivity contribution is 7.91. The second kappa shape index (κ2) is 14.1. The molecule has 2 aliphatic heterocycles. The van der Waals surface area contributed by atoms with Crippen LogP contribution < -0.4 is 25.2 Å². The van der Waals surface area contributed by atoms with E-state index in [0.29, 0.717) is 43.5 Å². The Morgan fingerprint density at radius 1 is 0.904 bits per heavy atom. The van der Waals surface area contributed by atoms with E-state index in [0.717, 1.165) is 35.9 Å². The van der Waals surface area contributed by atoms with E-state index in [4.69, 9.17) is 4.74 Å². The number of pyridine rings is 1. The number of sulfone groups is 1. The van der Waals surface area contributed by atoms with Crippen molar-refractivity contribution in [2.45, 2.75) is 37.0 Å². The Hall–Kier alpha value is -5.71. The van der Waals surface area contributed by atoms with Crippen molar-refractivity contribution in [1.82, 2.24) is 19.9 Å². The molecule has 3 aliphatic rings. The maximum Gasteiger partial charge on any atom is 0.331 e. The Labute approximate surface area is 297 Å². The fourth-order valence-electron chi connectivity index (χ4n) is 6.19. The molecule has 3 fully saturated rings. The van der Waals surface area contributed by atoms with Gasteiger partial charge < -0.3 is 25.2 Å². The van der Waals surface area contributed by atoms with Gasteiger partial charge in [-0.15, -0.1) is 0 Å². The number of piperidine rings is 1. The number of nitrogens with zero attached hydrogens (tertiary/aromatic N) is 6. The van der Waals surface area contributed by atoms with Crippen LogP contribution in [-0.2, 0) is 19.4 Å². The first kappa shape index (κ1) is 34.7. The third kappa shape index (κ3) is 7.63. The zero-order valence-electron chi connectivity index (χ0n) is 27.9. The minimum absolute atomic E-state index is 0.0723. The molecule has 1 atom stereocenters. The normalized spacial score (nSPS) is 18.4. The summed E-state index contributed by atoms with van der Waals surface area (Å²) >= 11 is 0. The number of ether oxygens (including phenoxy) is 1. The van der Waals surface area contributed by atoms with Crippen molar-refractivity contribution in [3.63, 3.8) is 0 Å². The molecule has 1 saturated carbocycles. The number of carbonyl (C=O) groups is 3. The molecule has 0 radical (unpaired) electrons. The Bertz CT molecular complexity index is 2130. The molecule has 2 aromatic heterocycles. The molecule has 7 rings (SSSR count). The third-order valence-electron chi connectivity index (χ3n) is 9.11. The van der Waals surface area contributed by atoms with Crippen LogP contribution in [0.1, 0.15) is 25.7 Å². The van der Waals surface area contributed by atoms with E-state index in [1.54, 1.807) is 18.3 Å². The van der Waals surface area contributed by atoms with E-state index >= 15 is 4.39 Å². The van der Waals surface area contributed by atoms with Crippen LogP contribution in [0.15, 0.2) is 73.1 Å². The summed E-state index contributed by atoms with van der Waals surface area (Å²) in [5.41, 5.74) is 0.218. The van der Waals surface area contributed by atoms with Gasteiger partial charge >= 0.3 is 6.03 Å². The summed E-state index contributed by atoms with van der Waals surface area (Å²) in [6.07, 6.45) is 6.76. The van der Waals surface area contributed by atoms with Gasteiger partial charge in [0.05, 0.1) is 10.9 Å². The Morgan fingerprint density at radius 3 is 2.33 bits per heavy atom. The van der Waals surface area contributed by atoms with Crippen molar-refractivity contribution in [2.24, 2.45) is 5.92 Å². The fourth-order valence-corrected chi connectivity index (χ4v) is 7.26. The van der Waals surface area contributed by atoms with Crippen LogP contribution in [0.25, 0.3) is 0 Å². The number of hydrogen-bond donors (Lipinski definition) is 2. The summed E-state index contributed by atoms with van der Waals surface area (Å²) in [6, 6.07) is 12.7. The number of carbonyl (C=O) groups excluding carboxylic acids is 3. The van der Waals surface area contributed by atoms with Gasteiger partial charge in [-0.3, -0.25) is 9.59 Å². The van der Waals surface area contributed by atoms with E-state index in [1.165, 1.54) is 47.7 Å². The molecular formula is C35H34F2N8O6S. The quantitative estimate of drug-likeness (QED) is 0.213. The van der Waals surface area contributed by atoms with Crippen molar-refractivity contribution in [3.8, 4) is 11.5 Å². The van der Waals surface area contributed by atoms with Gasteiger partial charge in [-0.2, -0.15) is 4.98 Å². The van der Waals surface area contributed by atoms with Gasteiger partial charge in [0.25, 0.3) is 0 Å². The van der Waals surface area contributed by atoms with Crippen LogP contribution in [-0.4, -0.2) is 83.3 Å². The number of urea groups is 1. The van der Waals surface area contributed by atoms with Gasteiger partial charge in [0.15, 0.2) is 11.6 Å². The highest BCUT2D eigenvalue weighted by Crippen LogP contribution is 2.34. The predicted octanol–water partition coefficient (Wildman–Crippen LogP) is 4.89. The topological polar surface area (TPSA) is 167 Å². The molecule has 14 nitrogen and oxygen atoms in total. The summed E-state index contributed by atoms with van der Waals surface area (Å²) in [5, 5.41) is 5.28. The van der Waals surface area contributed by atoms with Crippen molar-refractivity contribution in [2.75, 3.05) is 46.3 Å². The second-order valence-electron chi connectivity index (χ2n) is 12.9. The Morgan fingerprint density at radius 2 is 1.63 bits per heavy atom. The summed E-state index contributed by atoms with van der Waals surface area (Å²) < 4.78 is 58.5. The molecule has 0 bridgehead atoms. The number of aromatic nitrogens is 3. The highest BCUT2D eigenvalue weighted by atomic mass is 32.2. The van der Waals surface area contributed by atoms with Crippen LogP contribution in [0.2, 0.25) is 0 Å². The maximum atomic E-state index is 15.3. The molecule has 2 aromatic carbocycles. The van der Waals surface area contributed by atoms with Crippen molar-refractivity contribution in [1.29, 1.82) is 0 Å². The smallest absolute Gasteiger partial charge is 0.331 e. The molecular weight excluding hydrogens is 698 g/mol. The van der Waals surface area contributed by atoms with Gasteiger partial charge in [0, 0.05) is 62.1 Å². The maximum absolute atomic E-state index is 15.3. The predicted molar refractivity (Wildman–Crippen MR) is 187 cm³/mol. The highest BCUT2D eigenvalue weighted by Gasteiger charge is 2.48. The average Bonchev–Trinajstić information content (AvgIpc) is 3.96. The first-order chi connectivity index (χ1) is 24.9. The standard InChI is InChI=1S/C35H34F2N8O6S/c1-52(49,50)26-12-16-43(17-13-26)34-39-15-11-30(42-34)41-31-19-25(10-14-38-31)51-29-9-4-22(18-28(29)37)40-32(46)27-20-44(23-7-8-23)35(48)45(33(27)47)24-5-2-21(36)3-6-24/h2-6,9-11,14-15,18-19,23,26-27H,7-8,12-13,16-17,20H2,1H3,(H,40,46)(H,38,39,41,42). The minimum Gasteiger partial charge on any atom is -0.454 e. The first-order valence-electron chi connectivity index (χ1n) is 16.6.